The summed E-state index contributed by atoms with van der Waals surface area (Å²) in [4.78, 5) is 24.3. The minimum absolute atomic E-state index is 0.153. The SMILES string of the molecule is CC1=C(O[Si](C)(C)C)C[C@@H]2C(=O)OC(=O)[C@H]2[C@H]1c1ccccc1. The predicted octanol–water partition coefficient (Wildman–Crippen LogP) is 3.62. The summed E-state index contributed by atoms with van der Waals surface area (Å²) in [6, 6.07) is 9.85. The molecule has 1 aromatic carbocycles. The number of benzene rings is 1. The Balaban J connectivity index is 2.09. The maximum Gasteiger partial charge on any atom is 0.318 e. The fourth-order valence-corrected chi connectivity index (χ4v) is 4.53. The smallest absolute Gasteiger partial charge is 0.318 e. The van der Waals surface area contributed by atoms with Gasteiger partial charge in [-0.1, -0.05) is 30.3 Å². The maximum atomic E-state index is 12.2. The first-order valence-electron chi connectivity index (χ1n) is 7.97. The van der Waals surface area contributed by atoms with E-state index in [2.05, 4.69) is 19.6 Å². The van der Waals surface area contributed by atoms with Crippen molar-refractivity contribution in [2.24, 2.45) is 11.8 Å². The number of rotatable bonds is 3. The molecule has 1 saturated heterocycles. The molecule has 1 aliphatic heterocycles. The van der Waals surface area contributed by atoms with Gasteiger partial charge in [0.25, 0.3) is 0 Å². The Bertz CT molecular complexity index is 672. The van der Waals surface area contributed by atoms with Crippen LogP contribution in [0.3, 0.4) is 0 Å². The largest absolute Gasteiger partial charge is 0.547 e. The molecule has 0 aromatic heterocycles. The van der Waals surface area contributed by atoms with Crippen LogP contribution in [-0.4, -0.2) is 20.3 Å². The summed E-state index contributed by atoms with van der Waals surface area (Å²) < 4.78 is 11.2. The highest BCUT2D eigenvalue weighted by molar-refractivity contribution is 6.70. The number of ether oxygens (including phenoxy) is 1. The number of carbonyl (C=O) groups excluding carboxylic acids is 2. The molecular formula is C18H22O4Si. The van der Waals surface area contributed by atoms with E-state index in [0.29, 0.717) is 6.42 Å². The van der Waals surface area contributed by atoms with Gasteiger partial charge in [-0.2, -0.15) is 0 Å². The van der Waals surface area contributed by atoms with E-state index in [0.717, 1.165) is 16.9 Å². The molecular weight excluding hydrogens is 308 g/mol. The molecule has 0 radical (unpaired) electrons. The molecule has 1 fully saturated rings. The summed E-state index contributed by atoms with van der Waals surface area (Å²) >= 11 is 0. The molecule has 2 aliphatic rings. The van der Waals surface area contributed by atoms with Gasteiger partial charge in [-0.3, -0.25) is 9.59 Å². The Labute approximate surface area is 137 Å². The number of fused-ring (bicyclic) bond motifs is 1. The zero-order chi connectivity index (χ0) is 16.8. The van der Waals surface area contributed by atoms with Crippen LogP contribution < -0.4 is 0 Å². The van der Waals surface area contributed by atoms with E-state index in [4.69, 9.17) is 9.16 Å². The Morgan fingerprint density at radius 3 is 2.35 bits per heavy atom. The van der Waals surface area contributed by atoms with Crippen LogP contribution >= 0.6 is 0 Å². The average Bonchev–Trinajstić information content (AvgIpc) is 2.74. The summed E-state index contributed by atoms with van der Waals surface area (Å²) in [5.74, 6) is -0.960. The van der Waals surface area contributed by atoms with Gasteiger partial charge in [0.05, 0.1) is 17.6 Å². The Morgan fingerprint density at radius 1 is 1.09 bits per heavy atom. The van der Waals surface area contributed by atoms with Crippen molar-refractivity contribution < 1.29 is 18.8 Å². The monoisotopic (exact) mass is 330 g/mol. The fourth-order valence-electron chi connectivity index (χ4n) is 3.55. The molecule has 0 N–H and O–H groups in total. The lowest BCUT2D eigenvalue weighted by Crippen LogP contribution is -2.34. The molecule has 0 amide bonds. The molecule has 1 heterocycles. The second-order valence-electron chi connectivity index (χ2n) is 7.29. The summed E-state index contributed by atoms with van der Waals surface area (Å²) in [5, 5.41) is 0. The zero-order valence-corrected chi connectivity index (χ0v) is 15.0. The lowest BCUT2D eigenvalue weighted by molar-refractivity contribution is -0.153. The first-order valence-corrected chi connectivity index (χ1v) is 11.4. The van der Waals surface area contributed by atoms with Gasteiger partial charge in [-0.05, 0) is 37.7 Å². The van der Waals surface area contributed by atoms with E-state index in [-0.39, 0.29) is 5.92 Å². The van der Waals surface area contributed by atoms with Gasteiger partial charge in [0, 0.05) is 12.3 Å². The van der Waals surface area contributed by atoms with Crippen molar-refractivity contribution in [2.75, 3.05) is 0 Å². The third-order valence-corrected chi connectivity index (χ3v) is 5.33. The summed E-state index contributed by atoms with van der Waals surface area (Å²) in [7, 11) is -1.79. The number of cyclic esters (lactones) is 2. The first-order chi connectivity index (χ1) is 10.8. The number of hydrogen-bond donors (Lipinski definition) is 0. The predicted molar refractivity (Wildman–Crippen MR) is 89.0 cm³/mol. The van der Waals surface area contributed by atoms with E-state index in [1.165, 1.54) is 0 Å². The normalized spacial score (nSPS) is 27.7. The second kappa shape index (κ2) is 5.64. The second-order valence-corrected chi connectivity index (χ2v) is 11.7. The third-order valence-electron chi connectivity index (χ3n) is 4.47. The quantitative estimate of drug-likeness (QED) is 0.482. The first kappa shape index (κ1) is 16.0. The molecule has 23 heavy (non-hydrogen) atoms. The minimum atomic E-state index is -1.79. The van der Waals surface area contributed by atoms with Crippen molar-refractivity contribution >= 4 is 20.3 Å². The highest BCUT2D eigenvalue weighted by Crippen LogP contribution is 2.49. The van der Waals surface area contributed by atoms with Crippen molar-refractivity contribution in [3.05, 3.63) is 47.2 Å². The molecule has 1 aromatic rings. The molecule has 5 heteroatoms. The summed E-state index contributed by atoms with van der Waals surface area (Å²) in [6.07, 6.45) is 0.467. The van der Waals surface area contributed by atoms with Gasteiger partial charge in [0.1, 0.15) is 0 Å². The van der Waals surface area contributed by atoms with Crippen LogP contribution in [-0.2, 0) is 18.8 Å². The van der Waals surface area contributed by atoms with E-state index in [1.807, 2.05) is 37.3 Å². The molecule has 1 aliphatic carbocycles. The maximum absolute atomic E-state index is 12.2. The van der Waals surface area contributed by atoms with Crippen molar-refractivity contribution in [3.8, 4) is 0 Å². The molecule has 122 valence electrons. The summed E-state index contributed by atoms with van der Waals surface area (Å²) in [5.41, 5.74) is 2.08. The zero-order valence-electron chi connectivity index (χ0n) is 14.0. The van der Waals surface area contributed by atoms with Crippen LogP contribution in [0.2, 0.25) is 19.6 Å². The Morgan fingerprint density at radius 2 is 1.74 bits per heavy atom. The third kappa shape index (κ3) is 2.97. The lowest BCUT2D eigenvalue weighted by atomic mass is 9.70. The number of esters is 2. The van der Waals surface area contributed by atoms with Crippen LogP contribution in [0.5, 0.6) is 0 Å². The molecule has 3 atom stereocenters. The van der Waals surface area contributed by atoms with Gasteiger partial charge in [-0.25, -0.2) is 0 Å². The van der Waals surface area contributed by atoms with Crippen LogP contribution in [0, 0.1) is 11.8 Å². The van der Waals surface area contributed by atoms with Crippen LogP contribution in [0.25, 0.3) is 0 Å². The molecule has 3 rings (SSSR count). The van der Waals surface area contributed by atoms with E-state index < -0.39 is 32.1 Å². The van der Waals surface area contributed by atoms with Gasteiger partial charge < -0.3 is 9.16 Å². The van der Waals surface area contributed by atoms with E-state index in [1.54, 1.807) is 0 Å². The lowest BCUT2D eigenvalue weighted by Gasteiger charge is -2.35. The number of carbonyl (C=O) groups is 2. The fraction of sp³-hybridized carbons (Fsp3) is 0.444. The number of hydrogen-bond acceptors (Lipinski definition) is 4. The molecule has 0 unspecified atom stereocenters. The molecule has 4 nitrogen and oxygen atoms in total. The summed E-state index contributed by atoms with van der Waals surface area (Å²) in [6.45, 7) is 8.37. The topological polar surface area (TPSA) is 52.6 Å². The van der Waals surface area contributed by atoms with E-state index in [9.17, 15) is 9.59 Å². The molecule has 0 saturated carbocycles. The van der Waals surface area contributed by atoms with E-state index >= 15 is 0 Å². The average molecular weight is 330 g/mol. The highest BCUT2D eigenvalue weighted by Gasteiger charge is 2.53. The Hall–Kier alpha value is -1.88. The Kier molecular flexibility index (Phi) is 3.92. The van der Waals surface area contributed by atoms with Crippen LogP contribution in [0.4, 0.5) is 0 Å². The van der Waals surface area contributed by atoms with Crippen molar-refractivity contribution in [3.63, 3.8) is 0 Å². The van der Waals surface area contributed by atoms with Crippen molar-refractivity contribution in [1.82, 2.24) is 0 Å². The van der Waals surface area contributed by atoms with Gasteiger partial charge >= 0.3 is 11.9 Å². The minimum Gasteiger partial charge on any atom is -0.547 e. The molecule has 0 bridgehead atoms. The van der Waals surface area contributed by atoms with Gasteiger partial charge in [0.2, 0.25) is 8.32 Å². The van der Waals surface area contributed by atoms with Crippen LogP contribution in [0.1, 0.15) is 24.8 Å². The van der Waals surface area contributed by atoms with Crippen molar-refractivity contribution in [2.45, 2.75) is 38.9 Å². The highest BCUT2D eigenvalue weighted by atomic mass is 28.4. The molecule has 0 spiro atoms. The van der Waals surface area contributed by atoms with Gasteiger partial charge in [-0.15, -0.1) is 0 Å². The number of allylic oxidation sites excluding steroid dienone is 2. The van der Waals surface area contributed by atoms with Gasteiger partial charge in [0.15, 0.2) is 0 Å². The van der Waals surface area contributed by atoms with Crippen molar-refractivity contribution in [1.29, 1.82) is 0 Å². The van der Waals surface area contributed by atoms with Crippen LogP contribution in [0.15, 0.2) is 41.7 Å². The standard InChI is InChI=1S/C18H22O4Si/c1-11-14(22-23(2,3)4)10-13-16(18(20)21-17(13)19)15(11)12-8-6-5-7-9-12/h5-9,13,15-16H,10H2,1-4H3/t13-,15+,16+/m0/s1.